The molecule has 23 heavy (non-hydrogen) atoms. The van der Waals surface area contributed by atoms with E-state index in [-0.39, 0.29) is 11.8 Å². The molecule has 0 bridgehead atoms. The van der Waals surface area contributed by atoms with Crippen LogP contribution in [0.4, 0.5) is 5.69 Å². The first-order chi connectivity index (χ1) is 10.9. The number of benzene rings is 2. The van der Waals surface area contributed by atoms with Gasteiger partial charge in [0.1, 0.15) is 5.52 Å². The molecule has 6 heteroatoms. The van der Waals surface area contributed by atoms with Crippen LogP contribution in [0.5, 0.6) is 0 Å². The molecule has 1 N–H and O–H groups in total. The number of nitrogens with one attached hydrogen (secondary N) is 1. The number of fused-ring (bicyclic) bond motifs is 1. The smallest absolute Gasteiger partial charge is 0.255 e. The number of hydrogen-bond donors (Lipinski definition) is 1. The van der Waals surface area contributed by atoms with Crippen molar-refractivity contribution in [2.24, 2.45) is 0 Å². The van der Waals surface area contributed by atoms with Crippen molar-refractivity contribution in [2.75, 3.05) is 5.32 Å². The third-order valence-corrected chi connectivity index (χ3v) is 4.08. The van der Waals surface area contributed by atoms with E-state index in [9.17, 15) is 4.79 Å². The summed E-state index contributed by atoms with van der Waals surface area (Å²) in [6.07, 6.45) is 0. The molecule has 1 heterocycles. The van der Waals surface area contributed by atoms with Crippen LogP contribution >= 0.6 is 23.2 Å². The molecule has 0 unspecified atom stereocenters. The lowest BCUT2D eigenvalue weighted by Gasteiger charge is -2.06. The summed E-state index contributed by atoms with van der Waals surface area (Å²) in [5, 5.41) is 3.56. The lowest BCUT2D eigenvalue weighted by Crippen LogP contribution is -2.11. The topological polar surface area (TPSA) is 55.1 Å². The minimum atomic E-state index is -0.272. The Hall–Kier alpha value is -2.04. The van der Waals surface area contributed by atoms with E-state index in [4.69, 9.17) is 27.6 Å². The average Bonchev–Trinajstić information content (AvgIpc) is 2.93. The second-order valence-electron chi connectivity index (χ2n) is 5.47. The van der Waals surface area contributed by atoms with Crippen LogP contribution in [-0.2, 0) is 0 Å². The van der Waals surface area contributed by atoms with Crippen LogP contribution in [0.15, 0.2) is 40.8 Å². The van der Waals surface area contributed by atoms with Crippen LogP contribution < -0.4 is 5.32 Å². The molecule has 0 aliphatic heterocycles. The Morgan fingerprint density at radius 2 is 1.91 bits per heavy atom. The Balaban J connectivity index is 1.85. The van der Waals surface area contributed by atoms with E-state index in [0.29, 0.717) is 32.8 Å². The van der Waals surface area contributed by atoms with Crippen molar-refractivity contribution in [1.82, 2.24) is 4.98 Å². The van der Waals surface area contributed by atoms with Gasteiger partial charge in [-0.25, -0.2) is 4.98 Å². The number of rotatable bonds is 3. The highest BCUT2D eigenvalue weighted by atomic mass is 35.5. The van der Waals surface area contributed by atoms with E-state index in [1.54, 1.807) is 24.3 Å². The monoisotopic (exact) mass is 348 g/mol. The standard InChI is InChI=1S/C17H14Cl2N2O2/c1-9(2)17-21-14-6-4-11(8-15(14)23-17)20-16(22)10-3-5-12(18)13(19)7-10/h3-9H,1-2H3,(H,20,22). The highest BCUT2D eigenvalue weighted by molar-refractivity contribution is 6.42. The number of aromatic nitrogens is 1. The van der Waals surface area contributed by atoms with Gasteiger partial charge in [0.25, 0.3) is 5.91 Å². The minimum absolute atomic E-state index is 0.205. The van der Waals surface area contributed by atoms with E-state index in [2.05, 4.69) is 10.3 Å². The third-order valence-electron chi connectivity index (χ3n) is 3.34. The molecular weight excluding hydrogens is 335 g/mol. The van der Waals surface area contributed by atoms with Crippen LogP contribution in [0.1, 0.15) is 36.0 Å². The highest BCUT2D eigenvalue weighted by Gasteiger charge is 2.12. The van der Waals surface area contributed by atoms with Gasteiger partial charge in [-0.2, -0.15) is 0 Å². The first kappa shape index (κ1) is 15.8. The lowest BCUT2D eigenvalue weighted by atomic mass is 10.2. The molecule has 3 rings (SSSR count). The zero-order chi connectivity index (χ0) is 16.6. The van der Waals surface area contributed by atoms with Gasteiger partial charge in [-0.3, -0.25) is 4.79 Å². The summed E-state index contributed by atoms with van der Waals surface area (Å²) in [7, 11) is 0. The largest absolute Gasteiger partial charge is 0.440 e. The Bertz CT molecular complexity index is 887. The summed E-state index contributed by atoms with van der Waals surface area (Å²) in [5.74, 6) is 0.608. The van der Waals surface area contributed by atoms with Gasteiger partial charge >= 0.3 is 0 Å². The second kappa shape index (κ2) is 6.22. The van der Waals surface area contributed by atoms with E-state index in [1.165, 1.54) is 6.07 Å². The number of hydrogen-bond acceptors (Lipinski definition) is 3. The van der Waals surface area contributed by atoms with Crippen LogP contribution in [0, 0.1) is 0 Å². The Labute approximate surface area is 143 Å². The maximum Gasteiger partial charge on any atom is 0.255 e. The molecular formula is C17H14Cl2N2O2. The maximum atomic E-state index is 12.3. The van der Waals surface area contributed by atoms with Gasteiger partial charge < -0.3 is 9.73 Å². The molecule has 0 spiro atoms. The van der Waals surface area contributed by atoms with Crippen molar-refractivity contribution >= 4 is 45.9 Å². The molecule has 2 aromatic carbocycles. The summed E-state index contributed by atoms with van der Waals surface area (Å²) in [6, 6.07) is 10.1. The molecule has 4 nitrogen and oxygen atoms in total. The van der Waals surface area contributed by atoms with Gasteiger partial charge in [0.05, 0.1) is 10.0 Å². The van der Waals surface area contributed by atoms with Gasteiger partial charge in [-0.05, 0) is 30.3 Å². The van der Waals surface area contributed by atoms with E-state index >= 15 is 0 Å². The Morgan fingerprint density at radius 1 is 1.13 bits per heavy atom. The molecule has 0 radical (unpaired) electrons. The molecule has 1 aromatic heterocycles. The number of anilines is 1. The molecule has 0 aliphatic rings. The predicted octanol–water partition coefficient (Wildman–Crippen LogP) is 5.51. The Kier molecular flexibility index (Phi) is 4.28. The maximum absolute atomic E-state index is 12.3. The number of halogens is 2. The number of oxazole rings is 1. The molecule has 1 amide bonds. The van der Waals surface area contributed by atoms with Crippen molar-refractivity contribution < 1.29 is 9.21 Å². The van der Waals surface area contributed by atoms with Crippen molar-refractivity contribution in [2.45, 2.75) is 19.8 Å². The van der Waals surface area contributed by atoms with E-state index in [0.717, 1.165) is 5.52 Å². The van der Waals surface area contributed by atoms with Gasteiger partial charge in [0.15, 0.2) is 11.5 Å². The van der Waals surface area contributed by atoms with E-state index in [1.807, 2.05) is 19.9 Å². The lowest BCUT2D eigenvalue weighted by molar-refractivity contribution is 0.102. The fourth-order valence-electron chi connectivity index (χ4n) is 2.11. The van der Waals surface area contributed by atoms with Gasteiger partial charge in [0.2, 0.25) is 0 Å². The van der Waals surface area contributed by atoms with E-state index < -0.39 is 0 Å². The number of nitrogens with zero attached hydrogens (tertiary/aromatic N) is 1. The Morgan fingerprint density at radius 3 is 2.61 bits per heavy atom. The number of carbonyl (C=O) groups is 1. The summed E-state index contributed by atoms with van der Waals surface area (Å²) in [4.78, 5) is 16.7. The average molecular weight is 349 g/mol. The van der Waals surface area contributed by atoms with Crippen LogP contribution in [0.2, 0.25) is 10.0 Å². The van der Waals surface area contributed by atoms with Crippen LogP contribution in [-0.4, -0.2) is 10.9 Å². The minimum Gasteiger partial charge on any atom is -0.440 e. The fraction of sp³-hybridized carbons (Fsp3) is 0.176. The SMILES string of the molecule is CC(C)c1nc2ccc(NC(=O)c3ccc(Cl)c(Cl)c3)cc2o1. The van der Waals surface area contributed by atoms with Gasteiger partial charge in [-0.15, -0.1) is 0 Å². The fourth-order valence-corrected chi connectivity index (χ4v) is 2.41. The zero-order valence-electron chi connectivity index (χ0n) is 12.6. The van der Waals surface area contributed by atoms with Crippen molar-refractivity contribution in [3.8, 4) is 0 Å². The van der Waals surface area contributed by atoms with Crippen molar-refractivity contribution in [3.05, 3.63) is 57.9 Å². The number of carbonyl (C=O) groups excluding carboxylic acids is 1. The molecule has 0 saturated carbocycles. The zero-order valence-corrected chi connectivity index (χ0v) is 14.1. The second-order valence-corrected chi connectivity index (χ2v) is 6.29. The number of amides is 1. The van der Waals surface area contributed by atoms with Gasteiger partial charge in [-0.1, -0.05) is 37.0 Å². The van der Waals surface area contributed by atoms with Gasteiger partial charge in [0, 0.05) is 23.2 Å². The summed E-state index contributed by atoms with van der Waals surface area (Å²) in [6.45, 7) is 4.02. The molecule has 118 valence electrons. The quantitative estimate of drug-likeness (QED) is 0.678. The van der Waals surface area contributed by atoms with Crippen LogP contribution in [0.25, 0.3) is 11.1 Å². The van der Waals surface area contributed by atoms with Crippen molar-refractivity contribution in [1.29, 1.82) is 0 Å². The first-order valence-electron chi connectivity index (χ1n) is 7.11. The molecule has 0 fully saturated rings. The molecule has 3 aromatic rings. The first-order valence-corrected chi connectivity index (χ1v) is 7.86. The summed E-state index contributed by atoms with van der Waals surface area (Å²) in [5.41, 5.74) is 2.46. The predicted molar refractivity (Wildman–Crippen MR) is 92.5 cm³/mol. The third kappa shape index (κ3) is 3.33. The molecule has 0 aliphatic carbocycles. The summed E-state index contributed by atoms with van der Waals surface area (Å²) < 4.78 is 5.69. The normalized spacial score (nSPS) is 11.2. The highest BCUT2D eigenvalue weighted by Crippen LogP contribution is 2.25. The summed E-state index contributed by atoms with van der Waals surface area (Å²) >= 11 is 11.8. The molecule has 0 atom stereocenters. The van der Waals surface area contributed by atoms with Crippen LogP contribution in [0.3, 0.4) is 0 Å². The van der Waals surface area contributed by atoms with Crippen molar-refractivity contribution in [3.63, 3.8) is 0 Å². The molecule has 0 saturated heterocycles.